The Morgan fingerprint density at radius 1 is 0.956 bits per heavy atom. The number of aldehydes is 1. The number of fused-ring (bicyclic) bond motifs is 3. The van der Waals surface area contributed by atoms with Crippen molar-refractivity contribution in [3.05, 3.63) is 65.0 Å². The lowest BCUT2D eigenvalue weighted by Gasteiger charge is -2.44. The van der Waals surface area contributed by atoms with Crippen LogP contribution in [0.5, 0.6) is 0 Å². The minimum Gasteiger partial charge on any atom is -0.388 e. The van der Waals surface area contributed by atoms with E-state index < -0.39 is 85.0 Å². The number of aryl methyl sites for hydroxylation is 1. The maximum Gasteiger partial charge on any atom is 0.435 e. The third-order valence-electron chi connectivity index (χ3n) is 9.11. The molecule has 0 bridgehead atoms. The fourth-order valence-electron chi connectivity index (χ4n) is 7.05. The molecule has 2 amide bonds. The number of alkyl halides is 7. The lowest BCUT2D eigenvalue weighted by atomic mass is 9.71. The van der Waals surface area contributed by atoms with Crippen LogP contribution in [0.15, 0.2) is 47.4 Å². The van der Waals surface area contributed by atoms with Gasteiger partial charge in [0.2, 0.25) is 0 Å². The highest BCUT2D eigenvalue weighted by Crippen LogP contribution is 2.60. The molecular weight excluding hydrogens is 644 g/mol. The van der Waals surface area contributed by atoms with E-state index in [1.165, 1.54) is 0 Å². The normalized spacial score (nSPS) is 28.8. The molecule has 2 aliphatic carbocycles. The molecule has 2 fully saturated rings. The molecule has 2 aromatic carbocycles. The zero-order chi connectivity index (χ0) is 33.3. The van der Waals surface area contributed by atoms with E-state index in [2.05, 4.69) is 5.32 Å². The van der Waals surface area contributed by atoms with Crippen LogP contribution in [0.4, 0.5) is 39.9 Å². The van der Waals surface area contributed by atoms with E-state index in [1.807, 2.05) is 0 Å². The van der Waals surface area contributed by atoms with E-state index in [0.717, 1.165) is 29.2 Å². The van der Waals surface area contributed by atoms with Gasteiger partial charge in [-0.15, -0.1) is 0 Å². The number of amides is 2. The zero-order valence-electron chi connectivity index (χ0n) is 22.9. The number of aliphatic hydroxyl groups excluding tert-OH is 2. The molecule has 1 unspecified atom stereocenters. The molecule has 0 radical (unpaired) electrons. The second kappa shape index (κ2) is 10.9. The number of nitrogens with one attached hydrogen (secondary N) is 1. The molecule has 17 heteroatoms. The van der Waals surface area contributed by atoms with Gasteiger partial charge in [0, 0.05) is 23.4 Å². The molecule has 2 aromatic rings. The lowest BCUT2D eigenvalue weighted by molar-refractivity contribution is -0.348. The standard InChI is InChI=1S/C28H26F8N2O6S/c29-17-3-5-18(6-4-17)45(43,44)25-16(13-39)10-21(37-24(42)38-11-22(40)23(41)12-38)20(25)7-1-14-9-15(2-8-19(14)25)26(30,27(31,32)33)28(34,35)36/h2-6,8-9,13,16,20-23,40-41H,1,7,10-12H2,(H,37,42)/t16?,20-,21+,22-,23+,25-/m0/s1. The number of halogens is 8. The van der Waals surface area contributed by atoms with Crippen LogP contribution in [0.25, 0.3) is 0 Å². The smallest absolute Gasteiger partial charge is 0.388 e. The Bertz CT molecular complexity index is 1580. The summed E-state index contributed by atoms with van der Waals surface area (Å²) < 4.78 is 137. The van der Waals surface area contributed by atoms with Crippen molar-refractivity contribution in [1.29, 1.82) is 0 Å². The Kier molecular flexibility index (Phi) is 8.01. The van der Waals surface area contributed by atoms with Gasteiger partial charge in [-0.1, -0.05) is 18.2 Å². The minimum absolute atomic E-state index is 0.185. The molecule has 8 nitrogen and oxygen atoms in total. The van der Waals surface area contributed by atoms with Crippen molar-refractivity contribution >= 4 is 22.2 Å². The summed E-state index contributed by atoms with van der Waals surface area (Å²) in [6, 6.07) is 2.59. The summed E-state index contributed by atoms with van der Waals surface area (Å²) in [7, 11) is -4.84. The number of likely N-dealkylation sites (tertiary alicyclic amines) is 1. The number of carbonyl (C=O) groups is 2. The lowest BCUT2D eigenvalue weighted by Crippen LogP contribution is -2.53. The van der Waals surface area contributed by atoms with Gasteiger partial charge in [0.05, 0.1) is 30.2 Å². The van der Waals surface area contributed by atoms with Crippen LogP contribution < -0.4 is 5.32 Å². The molecule has 45 heavy (non-hydrogen) atoms. The van der Waals surface area contributed by atoms with Gasteiger partial charge in [0.1, 0.15) is 16.9 Å². The molecule has 0 aromatic heterocycles. The second-order valence-electron chi connectivity index (χ2n) is 11.5. The van der Waals surface area contributed by atoms with Gasteiger partial charge in [0.25, 0.3) is 0 Å². The monoisotopic (exact) mass is 670 g/mol. The van der Waals surface area contributed by atoms with Crippen LogP contribution in [0.1, 0.15) is 29.5 Å². The maximum atomic E-state index is 15.0. The third-order valence-corrected chi connectivity index (χ3v) is 11.7. The average Bonchev–Trinajstić information content (AvgIpc) is 3.48. The quantitative estimate of drug-likeness (QED) is 0.254. The Labute approximate surface area is 250 Å². The number of β-amino-alcohol motifs (C(OH)–C–C–N with tert-alkyl or cyclic N) is 2. The van der Waals surface area contributed by atoms with Crippen LogP contribution in [0.3, 0.4) is 0 Å². The van der Waals surface area contributed by atoms with Crippen LogP contribution >= 0.6 is 0 Å². The molecule has 0 spiro atoms. The van der Waals surface area contributed by atoms with E-state index in [4.69, 9.17) is 0 Å². The summed E-state index contributed by atoms with van der Waals surface area (Å²) >= 11 is 0. The highest BCUT2D eigenvalue weighted by molar-refractivity contribution is 7.92. The molecule has 3 N–H and O–H groups in total. The Morgan fingerprint density at radius 3 is 2.07 bits per heavy atom. The number of nitrogens with zero attached hydrogens (tertiary/aromatic N) is 1. The first kappa shape index (κ1) is 33.1. The second-order valence-corrected chi connectivity index (χ2v) is 13.6. The molecule has 1 saturated heterocycles. The van der Waals surface area contributed by atoms with Gasteiger partial charge in [-0.3, -0.25) is 0 Å². The number of hydrogen-bond donors (Lipinski definition) is 3. The van der Waals surface area contributed by atoms with Crippen molar-refractivity contribution in [3.8, 4) is 0 Å². The molecule has 1 saturated carbocycles. The summed E-state index contributed by atoms with van der Waals surface area (Å²) in [4.78, 5) is 26.2. The van der Waals surface area contributed by atoms with Gasteiger partial charge in [0.15, 0.2) is 9.84 Å². The number of rotatable bonds is 5. The first-order chi connectivity index (χ1) is 20.8. The Balaban J connectivity index is 1.68. The molecule has 6 atom stereocenters. The van der Waals surface area contributed by atoms with Gasteiger partial charge < -0.3 is 25.2 Å². The first-order valence-corrected chi connectivity index (χ1v) is 15.1. The summed E-state index contributed by atoms with van der Waals surface area (Å²) in [5.41, 5.74) is -8.35. The average molecular weight is 671 g/mol. The fourth-order valence-corrected chi connectivity index (χ4v) is 9.65. The summed E-state index contributed by atoms with van der Waals surface area (Å²) in [6.07, 6.45) is -16.1. The van der Waals surface area contributed by atoms with Crippen LogP contribution in [0, 0.1) is 17.7 Å². The van der Waals surface area contributed by atoms with E-state index >= 15 is 4.39 Å². The number of benzene rings is 2. The van der Waals surface area contributed by atoms with Gasteiger partial charge >= 0.3 is 24.1 Å². The van der Waals surface area contributed by atoms with Crippen molar-refractivity contribution in [2.45, 2.75) is 65.2 Å². The van der Waals surface area contributed by atoms with Crippen molar-refractivity contribution in [3.63, 3.8) is 0 Å². The molecule has 246 valence electrons. The summed E-state index contributed by atoms with van der Waals surface area (Å²) in [6.45, 7) is -0.537. The molecular formula is C28H26F8N2O6S. The van der Waals surface area contributed by atoms with E-state index in [-0.39, 0.29) is 55.8 Å². The topological polar surface area (TPSA) is 124 Å². The molecule has 5 rings (SSSR count). The van der Waals surface area contributed by atoms with E-state index in [9.17, 15) is 59.0 Å². The Morgan fingerprint density at radius 2 is 1.53 bits per heavy atom. The van der Waals surface area contributed by atoms with Crippen molar-refractivity contribution in [1.82, 2.24) is 10.2 Å². The van der Waals surface area contributed by atoms with Gasteiger partial charge in [-0.25, -0.2) is 22.0 Å². The largest absolute Gasteiger partial charge is 0.435 e. The number of hydrogen-bond acceptors (Lipinski definition) is 6. The molecule has 1 aliphatic heterocycles. The number of aliphatic hydroxyl groups is 2. The highest BCUT2D eigenvalue weighted by Gasteiger charge is 2.74. The third kappa shape index (κ3) is 4.88. The van der Waals surface area contributed by atoms with Crippen LogP contribution in [-0.2, 0) is 31.5 Å². The summed E-state index contributed by atoms with van der Waals surface area (Å²) in [5.74, 6) is -3.54. The number of carbonyl (C=O) groups excluding carboxylic acids is 2. The minimum atomic E-state index is -6.43. The fraction of sp³-hybridized carbons (Fsp3) is 0.500. The zero-order valence-corrected chi connectivity index (χ0v) is 23.8. The highest BCUT2D eigenvalue weighted by atomic mass is 32.2. The van der Waals surface area contributed by atoms with E-state index in [1.54, 1.807) is 0 Å². The molecule has 3 aliphatic rings. The van der Waals surface area contributed by atoms with E-state index in [0.29, 0.717) is 12.1 Å². The predicted molar refractivity (Wildman–Crippen MR) is 138 cm³/mol. The predicted octanol–water partition coefficient (Wildman–Crippen LogP) is 3.68. The van der Waals surface area contributed by atoms with Gasteiger partial charge in [-0.05, 0) is 54.7 Å². The Hall–Kier alpha value is -3.31. The van der Waals surface area contributed by atoms with Crippen molar-refractivity contribution in [2.24, 2.45) is 11.8 Å². The summed E-state index contributed by atoms with van der Waals surface area (Å²) in [5, 5.41) is 22.3. The SMILES string of the molecule is O=CC1C[C@@H](NC(=O)N2C[C@@H](O)[C@@H](O)C2)[C@@H]2CCc3cc(C(F)(C(F)(F)F)C(F)(F)F)ccc3[C@@]12S(=O)(=O)c1ccc(F)cc1. The maximum absolute atomic E-state index is 15.0. The first-order valence-electron chi connectivity index (χ1n) is 13.6. The van der Waals surface area contributed by atoms with Crippen molar-refractivity contribution in [2.75, 3.05) is 13.1 Å². The van der Waals surface area contributed by atoms with Crippen LogP contribution in [0.2, 0.25) is 0 Å². The van der Waals surface area contributed by atoms with Crippen LogP contribution in [-0.4, -0.2) is 79.5 Å². The number of sulfone groups is 1. The van der Waals surface area contributed by atoms with Gasteiger partial charge in [-0.2, -0.15) is 26.3 Å². The molecule has 1 heterocycles. The number of urea groups is 1. The van der Waals surface area contributed by atoms with Crippen molar-refractivity contribution < 1.29 is 63.3 Å².